The second kappa shape index (κ2) is 7.84. The standard InChI is InChI=1S/C17H20ClN3O4/c1-11-19-17(25-20-11)14-4-2-3-7-21(14)9-12-8-13(18)5-6-15(12)24-10-16(22)23/h5-6,8,14H,2-4,7,9-10H2,1H3,(H,22,23)/t14-/m1/s1. The summed E-state index contributed by atoms with van der Waals surface area (Å²) in [4.78, 5) is 17.4. The van der Waals surface area contributed by atoms with Gasteiger partial charge in [0, 0.05) is 17.1 Å². The number of carbonyl (C=O) groups is 1. The number of hydrogen-bond acceptors (Lipinski definition) is 6. The average molecular weight is 366 g/mol. The molecule has 8 heteroatoms. The molecule has 0 amide bonds. The number of aryl methyl sites for hydroxylation is 1. The molecule has 0 spiro atoms. The summed E-state index contributed by atoms with van der Waals surface area (Å²) in [6, 6.07) is 5.25. The van der Waals surface area contributed by atoms with Crippen LogP contribution >= 0.6 is 11.6 Å². The average Bonchev–Trinajstić information content (AvgIpc) is 3.01. The van der Waals surface area contributed by atoms with E-state index in [9.17, 15) is 4.79 Å². The molecule has 1 aromatic carbocycles. The maximum Gasteiger partial charge on any atom is 0.341 e. The molecule has 0 unspecified atom stereocenters. The Morgan fingerprint density at radius 1 is 1.48 bits per heavy atom. The first-order valence-corrected chi connectivity index (χ1v) is 8.58. The van der Waals surface area contributed by atoms with Crippen molar-refractivity contribution >= 4 is 17.6 Å². The first-order chi connectivity index (χ1) is 12.0. The molecule has 1 aromatic heterocycles. The molecular formula is C17H20ClN3O4. The van der Waals surface area contributed by atoms with E-state index in [2.05, 4.69) is 15.0 Å². The summed E-state index contributed by atoms with van der Waals surface area (Å²) in [5, 5.41) is 13.3. The summed E-state index contributed by atoms with van der Waals surface area (Å²) in [7, 11) is 0. The number of carboxylic acids is 1. The molecule has 1 atom stereocenters. The van der Waals surface area contributed by atoms with Crippen LogP contribution in [-0.4, -0.2) is 39.3 Å². The van der Waals surface area contributed by atoms with Crippen molar-refractivity contribution < 1.29 is 19.2 Å². The monoisotopic (exact) mass is 365 g/mol. The number of rotatable bonds is 6. The van der Waals surface area contributed by atoms with Crippen molar-refractivity contribution in [3.05, 3.63) is 40.5 Å². The molecule has 1 saturated heterocycles. The molecule has 134 valence electrons. The normalized spacial score (nSPS) is 18.2. The molecular weight excluding hydrogens is 346 g/mol. The predicted molar refractivity (Wildman–Crippen MR) is 90.6 cm³/mol. The van der Waals surface area contributed by atoms with Gasteiger partial charge >= 0.3 is 5.97 Å². The van der Waals surface area contributed by atoms with E-state index in [0.717, 1.165) is 31.4 Å². The lowest BCUT2D eigenvalue weighted by Gasteiger charge is -2.33. The van der Waals surface area contributed by atoms with Crippen LogP contribution in [0.25, 0.3) is 0 Å². The van der Waals surface area contributed by atoms with Crippen LogP contribution in [0.3, 0.4) is 0 Å². The Balaban J connectivity index is 1.81. The second-order valence-electron chi connectivity index (χ2n) is 6.10. The van der Waals surface area contributed by atoms with Gasteiger partial charge in [0.05, 0.1) is 6.04 Å². The van der Waals surface area contributed by atoms with Crippen LogP contribution in [0.15, 0.2) is 22.7 Å². The summed E-state index contributed by atoms with van der Waals surface area (Å²) in [6.07, 6.45) is 3.11. The molecule has 0 radical (unpaired) electrons. The molecule has 25 heavy (non-hydrogen) atoms. The largest absolute Gasteiger partial charge is 0.482 e. The maximum atomic E-state index is 10.8. The molecule has 7 nitrogen and oxygen atoms in total. The second-order valence-corrected chi connectivity index (χ2v) is 6.53. The van der Waals surface area contributed by atoms with Gasteiger partial charge in [-0.1, -0.05) is 23.2 Å². The quantitative estimate of drug-likeness (QED) is 0.840. The SMILES string of the molecule is Cc1noc([C@H]2CCCCN2Cc2cc(Cl)ccc2OCC(=O)O)n1. The van der Waals surface area contributed by atoms with Gasteiger partial charge in [-0.25, -0.2) is 4.79 Å². The summed E-state index contributed by atoms with van der Waals surface area (Å²) in [6.45, 7) is 2.87. The van der Waals surface area contributed by atoms with E-state index >= 15 is 0 Å². The molecule has 1 N–H and O–H groups in total. The maximum absolute atomic E-state index is 10.8. The third-order valence-corrected chi connectivity index (χ3v) is 4.42. The topological polar surface area (TPSA) is 88.7 Å². The highest BCUT2D eigenvalue weighted by Crippen LogP contribution is 2.33. The van der Waals surface area contributed by atoms with Crippen molar-refractivity contribution in [1.29, 1.82) is 0 Å². The Morgan fingerprint density at radius 2 is 2.32 bits per heavy atom. The molecule has 2 heterocycles. The first-order valence-electron chi connectivity index (χ1n) is 8.20. The van der Waals surface area contributed by atoms with Crippen LogP contribution in [0.2, 0.25) is 5.02 Å². The number of ether oxygens (including phenoxy) is 1. The van der Waals surface area contributed by atoms with Crippen LogP contribution in [0.1, 0.15) is 42.6 Å². The van der Waals surface area contributed by atoms with Gasteiger partial charge in [-0.15, -0.1) is 0 Å². The number of benzene rings is 1. The van der Waals surface area contributed by atoms with Crippen LogP contribution in [0.5, 0.6) is 5.75 Å². The minimum Gasteiger partial charge on any atom is -0.482 e. The minimum atomic E-state index is -1.02. The van der Waals surface area contributed by atoms with E-state index in [-0.39, 0.29) is 12.6 Å². The molecule has 1 fully saturated rings. The van der Waals surface area contributed by atoms with Crippen molar-refractivity contribution in [2.45, 2.75) is 38.8 Å². The summed E-state index contributed by atoms with van der Waals surface area (Å²) >= 11 is 6.12. The van der Waals surface area contributed by atoms with Crippen molar-refractivity contribution in [1.82, 2.24) is 15.0 Å². The van der Waals surface area contributed by atoms with Gasteiger partial charge in [0.1, 0.15) is 5.75 Å². The van der Waals surface area contributed by atoms with Gasteiger partial charge in [0.15, 0.2) is 12.4 Å². The fraction of sp³-hybridized carbons (Fsp3) is 0.471. The van der Waals surface area contributed by atoms with Gasteiger partial charge in [-0.05, 0) is 44.5 Å². The molecule has 0 aliphatic carbocycles. The fourth-order valence-corrected chi connectivity index (χ4v) is 3.27. The Morgan fingerprint density at radius 3 is 3.04 bits per heavy atom. The number of halogens is 1. The van der Waals surface area contributed by atoms with E-state index in [1.54, 1.807) is 19.1 Å². The molecule has 0 saturated carbocycles. The molecule has 0 bridgehead atoms. The minimum absolute atomic E-state index is 0.0428. The lowest BCUT2D eigenvalue weighted by Crippen LogP contribution is -2.33. The van der Waals surface area contributed by atoms with Crippen molar-refractivity contribution in [3.63, 3.8) is 0 Å². The van der Waals surface area contributed by atoms with Gasteiger partial charge in [-0.3, -0.25) is 4.90 Å². The number of carboxylic acid groups (broad SMARTS) is 1. The van der Waals surface area contributed by atoms with E-state index in [1.807, 2.05) is 6.07 Å². The van der Waals surface area contributed by atoms with Crippen LogP contribution < -0.4 is 4.74 Å². The zero-order valence-corrected chi connectivity index (χ0v) is 14.7. The van der Waals surface area contributed by atoms with Crippen LogP contribution in [0, 0.1) is 6.92 Å². The van der Waals surface area contributed by atoms with Gasteiger partial charge in [0.25, 0.3) is 0 Å². The Hall–Kier alpha value is -2.12. The van der Waals surface area contributed by atoms with Gasteiger partial charge < -0.3 is 14.4 Å². The molecule has 3 rings (SSSR count). The van der Waals surface area contributed by atoms with E-state index in [1.165, 1.54) is 0 Å². The molecule has 1 aliphatic heterocycles. The zero-order chi connectivity index (χ0) is 17.8. The van der Waals surface area contributed by atoms with Crippen LogP contribution in [0.4, 0.5) is 0 Å². The lowest BCUT2D eigenvalue weighted by atomic mass is 10.0. The Kier molecular flexibility index (Phi) is 5.55. The number of nitrogens with zero attached hydrogens (tertiary/aromatic N) is 3. The number of likely N-dealkylation sites (tertiary alicyclic amines) is 1. The molecule has 1 aliphatic rings. The fourth-order valence-electron chi connectivity index (χ4n) is 3.08. The third-order valence-electron chi connectivity index (χ3n) is 4.19. The summed E-state index contributed by atoms with van der Waals surface area (Å²) in [5.74, 6) is 0.747. The van der Waals surface area contributed by atoms with E-state index in [4.69, 9.17) is 26.0 Å². The Labute approximate surface area is 150 Å². The number of piperidine rings is 1. The van der Waals surface area contributed by atoms with E-state index < -0.39 is 5.97 Å². The highest BCUT2D eigenvalue weighted by molar-refractivity contribution is 6.30. The smallest absolute Gasteiger partial charge is 0.341 e. The molecule has 2 aromatic rings. The third kappa shape index (κ3) is 4.49. The highest BCUT2D eigenvalue weighted by Gasteiger charge is 2.29. The van der Waals surface area contributed by atoms with Crippen molar-refractivity contribution in [2.24, 2.45) is 0 Å². The first kappa shape index (κ1) is 17.7. The number of hydrogen-bond donors (Lipinski definition) is 1. The van der Waals surface area contributed by atoms with Gasteiger partial charge in [0.2, 0.25) is 5.89 Å². The van der Waals surface area contributed by atoms with Crippen molar-refractivity contribution in [2.75, 3.05) is 13.2 Å². The van der Waals surface area contributed by atoms with E-state index in [0.29, 0.717) is 29.0 Å². The summed E-state index contributed by atoms with van der Waals surface area (Å²) in [5.41, 5.74) is 0.844. The lowest BCUT2D eigenvalue weighted by molar-refractivity contribution is -0.139. The number of aliphatic carboxylic acids is 1. The van der Waals surface area contributed by atoms with Crippen molar-refractivity contribution in [3.8, 4) is 5.75 Å². The highest BCUT2D eigenvalue weighted by atomic mass is 35.5. The van der Waals surface area contributed by atoms with Crippen LogP contribution in [-0.2, 0) is 11.3 Å². The Bertz CT molecular complexity index is 749. The number of aromatic nitrogens is 2. The summed E-state index contributed by atoms with van der Waals surface area (Å²) < 4.78 is 10.8. The predicted octanol–water partition coefficient (Wildman–Crippen LogP) is 3.22. The van der Waals surface area contributed by atoms with Gasteiger partial charge in [-0.2, -0.15) is 4.98 Å². The zero-order valence-electron chi connectivity index (χ0n) is 13.9.